The number of alkyl halides is 1. The fourth-order valence-electron chi connectivity index (χ4n) is 2.13. The molecule has 0 amide bonds. The van der Waals surface area contributed by atoms with Gasteiger partial charge in [0.05, 0.1) is 17.2 Å². The van der Waals surface area contributed by atoms with Gasteiger partial charge >= 0.3 is 0 Å². The van der Waals surface area contributed by atoms with Crippen molar-refractivity contribution in [1.29, 1.82) is 0 Å². The average molecular weight is 366 g/mol. The van der Waals surface area contributed by atoms with Gasteiger partial charge in [0.1, 0.15) is 5.82 Å². The molecule has 1 aliphatic heterocycles. The molecule has 1 nitrogen and oxygen atoms in total. The number of benzene rings is 1. The zero-order valence-electron chi connectivity index (χ0n) is 9.63. The first-order valence-corrected chi connectivity index (χ1v) is 7.53. The van der Waals surface area contributed by atoms with E-state index in [4.69, 9.17) is 4.74 Å². The van der Waals surface area contributed by atoms with E-state index in [1.165, 1.54) is 0 Å². The highest BCUT2D eigenvalue weighted by molar-refractivity contribution is 9.10. The van der Waals surface area contributed by atoms with Gasteiger partial charge in [-0.2, -0.15) is 0 Å². The van der Waals surface area contributed by atoms with Crippen LogP contribution in [0.15, 0.2) is 22.7 Å². The molecule has 0 spiro atoms. The lowest BCUT2D eigenvalue weighted by Crippen LogP contribution is -2.29. The third kappa shape index (κ3) is 3.09. The highest BCUT2D eigenvalue weighted by Gasteiger charge is 2.29. The molecule has 1 aliphatic rings. The van der Waals surface area contributed by atoms with Crippen molar-refractivity contribution in [3.8, 4) is 0 Å². The number of halogens is 3. The molecule has 1 heterocycles. The number of hydrogen-bond donors (Lipinski definition) is 0. The van der Waals surface area contributed by atoms with Crippen LogP contribution in [-0.4, -0.2) is 11.4 Å². The minimum absolute atomic E-state index is 0.00442. The Morgan fingerprint density at radius 2 is 2.24 bits per heavy atom. The predicted molar refractivity (Wildman–Crippen MR) is 73.9 cm³/mol. The normalized spacial score (nSPS) is 29.3. The smallest absolute Gasteiger partial charge is 0.137 e. The Kier molecular flexibility index (Phi) is 4.61. The van der Waals surface area contributed by atoms with Gasteiger partial charge in [0.2, 0.25) is 0 Å². The van der Waals surface area contributed by atoms with Gasteiger partial charge in [-0.3, -0.25) is 0 Å². The minimum Gasteiger partial charge on any atom is -0.373 e. The van der Waals surface area contributed by atoms with Gasteiger partial charge in [0, 0.05) is 4.83 Å². The molecule has 1 fully saturated rings. The van der Waals surface area contributed by atoms with Gasteiger partial charge in [-0.25, -0.2) is 4.39 Å². The quantitative estimate of drug-likeness (QED) is 0.681. The molecule has 1 aromatic rings. The average Bonchev–Trinajstić information content (AvgIpc) is 2.32. The van der Waals surface area contributed by atoms with Crippen LogP contribution < -0.4 is 0 Å². The summed E-state index contributed by atoms with van der Waals surface area (Å²) in [5.74, 6) is 0.335. The van der Waals surface area contributed by atoms with Crippen LogP contribution in [0.25, 0.3) is 0 Å². The van der Waals surface area contributed by atoms with Crippen molar-refractivity contribution in [3.63, 3.8) is 0 Å². The Morgan fingerprint density at radius 3 is 2.82 bits per heavy atom. The lowest BCUT2D eigenvalue weighted by Gasteiger charge is -2.33. The Bertz CT molecular complexity index is 397. The van der Waals surface area contributed by atoms with Crippen molar-refractivity contribution in [3.05, 3.63) is 34.1 Å². The summed E-state index contributed by atoms with van der Waals surface area (Å²) in [5.41, 5.74) is 0.921. The zero-order valence-corrected chi connectivity index (χ0v) is 12.8. The van der Waals surface area contributed by atoms with Gasteiger partial charge in [-0.15, -0.1) is 0 Å². The summed E-state index contributed by atoms with van der Waals surface area (Å²) in [6.45, 7) is 2.91. The van der Waals surface area contributed by atoms with Gasteiger partial charge in [-0.1, -0.05) is 35.3 Å². The number of rotatable bonds is 2. The largest absolute Gasteiger partial charge is 0.373 e. The van der Waals surface area contributed by atoms with Gasteiger partial charge in [-0.05, 0) is 46.0 Å². The second-order valence-electron chi connectivity index (χ2n) is 4.42. The molecule has 4 heteroatoms. The molecule has 0 saturated carbocycles. The SMILES string of the molecule is CCC1COC(c2ccc(Br)c(F)c2)CC1Br. The maximum atomic E-state index is 13.5. The van der Waals surface area contributed by atoms with Crippen molar-refractivity contribution in [1.82, 2.24) is 0 Å². The third-order valence-corrected chi connectivity index (χ3v) is 5.07. The van der Waals surface area contributed by atoms with E-state index in [-0.39, 0.29) is 11.9 Å². The molecule has 1 saturated heterocycles. The highest BCUT2D eigenvalue weighted by atomic mass is 79.9. The van der Waals surface area contributed by atoms with E-state index in [9.17, 15) is 4.39 Å². The summed E-state index contributed by atoms with van der Waals surface area (Å²) in [6.07, 6.45) is 2.02. The number of ether oxygens (including phenoxy) is 1. The monoisotopic (exact) mass is 364 g/mol. The van der Waals surface area contributed by atoms with E-state index < -0.39 is 0 Å². The van der Waals surface area contributed by atoms with E-state index in [1.54, 1.807) is 12.1 Å². The third-order valence-electron chi connectivity index (χ3n) is 3.30. The fraction of sp³-hybridized carbons (Fsp3) is 0.538. The fourth-order valence-corrected chi connectivity index (χ4v) is 3.24. The lowest BCUT2D eigenvalue weighted by molar-refractivity contribution is -0.0133. The van der Waals surface area contributed by atoms with Crippen molar-refractivity contribution in [2.45, 2.75) is 30.7 Å². The second kappa shape index (κ2) is 5.81. The van der Waals surface area contributed by atoms with Crippen LogP contribution >= 0.6 is 31.9 Å². The Morgan fingerprint density at radius 1 is 1.47 bits per heavy atom. The van der Waals surface area contributed by atoms with E-state index in [0.29, 0.717) is 15.2 Å². The van der Waals surface area contributed by atoms with Crippen LogP contribution in [0, 0.1) is 11.7 Å². The van der Waals surface area contributed by atoms with Crippen molar-refractivity contribution < 1.29 is 9.13 Å². The molecule has 0 N–H and O–H groups in total. The van der Waals surface area contributed by atoms with E-state index in [2.05, 4.69) is 38.8 Å². The molecule has 3 atom stereocenters. The topological polar surface area (TPSA) is 9.23 Å². The number of hydrogen-bond acceptors (Lipinski definition) is 1. The summed E-state index contributed by atoms with van der Waals surface area (Å²) in [6, 6.07) is 5.22. The summed E-state index contributed by atoms with van der Waals surface area (Å²) in [5, 5.41) is 0. The zero-order chi connectivity index (χ0) is 12.4. The van der Waals surface area contributed by atoms with Crippen LogP contribution in [0.4, 0.5) is 4.39 Å². The Hall–Kier alpha value is 0.0700. The van der Waals surface area contributed by atoms with E-state index >= 15 is 0 Å². The first-order valence-electron chi connectivity index (χ1n) is 5.82. The van der Waals surface area contributed by atoms with Crippen molar-refractivity contribution in [2.24, 2.45) is 5.92 Å². The molecule has 0 bridgehead atoms. The van der Waals surface area contributed by atoms with E-state index in [0.717, 1.165) is 25.0 Å². The maximum absolute atomic E-state index is 13.5. The predicted octanol–water partition coefficient (Wildman–Crippen LogP) is 4.84. The summed E-state index contributed by atoms with van der Waals surface area (Å²) in [7, 11) is 0. The first kappa shape index (κ1) is 13.5. The van der Waals surface area contributed by atoms with Gasteiger partial charge in [0.25, 0.3) is 0 Å². The Labute approximate surface area is 118 Å². The molecule has 1 aromatic carbocycles. The van der Waals surface area contributed by atoms with Gasteiger partial charge < -0.3 is 4.74 Å². The Balaban J connectivity index is 2.11. The summed E-state index contributed by atoms with van der Waals surface area (Å²) < 4.78 is 19.8. The summed E-state index contributed by atoms with van der Waals surface area (Å²) in [4.78, 5) is 0.456. The summed E-state index contributed by atoms with van der Waals surface area (Å²) >= 11 is 6.86. The van der Waals surface area contributed by atoms with Crippen LogP contribution in [0.2, 0.25) is 0 Å². The second-order valence-corrected chi connectivity index (χ2v) is 6.45. The van der Waals surface area contributed by atoms with Crippen LogP contribution in [0.5, 0.6) is 0 Å². The maximum Gasteiger partial charge on any atom is 0.137 e. The van der Waals surface area contributed by atoms with Crippen LogP contribution in [0.3, 0.4) is 0 Å². The highest BCUT2D eigenvalue weighted by Crippen LogP contribution is 2.36. The molecule has 17 heavy (non-hydrogen) atoms. The van der Waals surface area contributed by atoms with E-state index in [1.807, 2.05) is 6.07 Å². The first-order chi connectivity index (χ1) is 8.11. The van der Waals surface area contributed by atoms with Crippen molar-refractivity contribution in [2.75, 3.05) is 6.61 Å². The molecule has 0 radical (unpaired) electrons. The van der Waals surface area contributed by atoms with Crippen LogP contribution in [-0.2, 0) is 4.74 Å². The van der Waals surface area contributed by atoms with Gasteiger partial charge in [0.15, 0.2) is 0 Å². The molecule has 0 aromatic heterocycles. The van der Waals surface area contributed by atoms with Crippen molar-refractivity contribution >= 4 is 31.9 Å². The standard InChI is InChI=1S/C13H15Br2FO/c1-2-8-7-17-13(6-11(8)15)9-3-4-10(14)12(16)5-9/h3-5,8,11,13H,2,6-7H2,1H3. The molecular weight excluding hydrogens is 351 g/mol. The molecule has 94 valence electrons. The molecule has 0 aliphatic carbocycles. The molecular formula is C13H15Br2FO. The van der Waals surface area contributed by atoms with Crippen LogP contribution in [0.1, 0.15) is 31.4 Å². The molecule has 2 rings (SSSR count). The molecule has 3 unspecified atom stereocenters. The lowest BCUT2D eigenvalue weighted by atomic mass is 9.93. The minimum atomic E-state index is -0.227.